The minimum absolute atomic E-state index is 0.0147. The Kier molecular flexibility index (Phi) is 10.1. The Morgan fingerprint density at radius 1 is 0.929 bits per heavy atom. The molecule has 0 bridgehead atoms. The van der Waals surface area contributed by atoms with Gasteiger partial charge in [-0.1, -0.05) is 54.8 Å². The molecule has 0 aliphatic heterocycles. The fraction of sp³-hybridized carbons (Fsp3) is 0.375. The molecule has 0 saturated heterocycles. The van der Waals surface area contributed by atoms with E-state index in [2.05, 4.69) is 5.32 Å². The molecule has 9 nitrogen and oxygen atoms in total. The predicted molar refractivity (Wildman–Crippen MR) is 162 cm³/mol. The van der Waals surface area contributed by atoms with E-state index in [0.717, 1.165) is 41.1 Å². The zero-order chi connectivity index (χ0) is 30.3. The average Bonchev–Trinajstić information content (AvgIpc) is 3.52. The number of carbonyl (C=O) groups is 2. The van der Waals surface area contributed by atoms with Gasteiger partial charge >= 0.3 is 0 Å². The summed E-state index contributed by atoms with van der Waals surface area (Å²) in [4.78, 5) is 28.9. The molecule has 10 heteroatoms. The molecule has 1 aliphatic carbocycles. The fourth-order valence-electron chi connectivity index (χ4n) is 5.09. The van der Waals surface area contributed by atoms with Crippen molar-refractivity contribution in [2.24, 2.45) is 0 Å². The van der Waals surface area contributed by atoms with Crippen molar-refractivity contribution in [3.8, 4) is 11.5 Å². The van der Waals surface area contributed by atoms with Crippen molar-refractivity contribution in [1.82, 2.24) is 10.2 Å². The number of para-hydroxylation sites is 2. The average molecular weight is 594 g/mol. The zero-order valence-electron chi connectivity index (χ0n) is 24.6. The lowest BCUT2D eigenvalue weighted by Gasteiger charge is -2.33. The number of ether oxygens (including phenoxy) is 2. The van der Waals surface area contributed by atoms with Crippen molar-refractivity contribution in [2.75, 3.05) is 25.1 Å². The molecular weight excluding hydrogens is 554 g/mol. The summed E-state index contributed by atoms with van der Waals surface area (Å²) in [5, 5.41) is 3.08. The highest BCUT2D eigenvalue weighted by Gasteiger charge is 2.34. The zero-order valence-corrected chi connectivity index (χ0v) is 25.4. The van der Waals surface area contributed by atoms with Crippen molar-refractivity contribution in [2.45, 2.75) is 63.1 Å². The van der Waals surface area contributed by atoms with Gasteiger partial charge in [0.1, 0.15) is 24.1 Å². The van der Waals surface area contributed by atoms with E-state index in [-0.39, 0.29) is 29.1 Å². The van der Waals surface area contributed by atoms with Gasteiger partial charge in [0.25, 0.3) is 10.0 Å². The van der Waals surface area contributed by atoms with Crippen molar-refractivity contribution in [1.29, 1.82) is 0 Å². The molecule has 224 valence electrons. The lowest BCUT2D eigenvalue weighted by molar-refractivity contribution is -0.139. The molecular formula is C32H39N3O6S. The van der Waals surface area contributed by atoms with E-state index in [1.165, 1.54) is 31.3 Å². The van der Waals surface area contributed by atoms with Gasteiger partial charge in [-0.25, -0.2) is 8.42 Å². The number of sulfonamides is 1. The van der Waals surface area contributed by atoms with E-state index in [1.54, 1.807) is 43.3 Å². The van der Waals surface area contributed by atoms with Crippen molar-refractivity contribution in [3.63, 3.8) is 0 Å². The highest BCUT2D eigenvalue weighted by Crippen LogP contribution is 2.33. The normalized spacial score (nSPS) is 14.2. The van der Waals surface area contributed by atoms with Crippen LogP contribution in [0.25, 0.3) is 0 Å². The van der Waals surface area contributed by atoms with Crippen molar-refractivity contribution >= 4 is 27.5 Å². The first-order chi connectivity index (χ1) is 20.1. The number of anilines is 1. The molecule has 2 amide bonds. The first kappa shape index (κ1) is 30.9. The highest BCUT2D eigenvalue weighted by molar-refractivity contribution is 7.92. The van der Waals surface area contributed by atoms with Crippen LogP contribution in [0, 0.1) is 6.92 Å². The van der Waals surface area contributed by atoms with Crippen LogP contribution in [0.4, 0.5) is 5.69 Å². The van der Waals surface area contributed by atoms with Gasteiger partial charge in [-0.3, -0.25) is 13.9 Å². The van der Waals surface area contributed by atoms with Crippen LogP contribution in [-0.4, -0.2) is 58.0 Å². The minimum atomic E-state index is -4.23. The summed E-state index contributed by atoms with van der Waals surface area (Å²) in [6, 6.07) is 19.5. The third kappa shape index (κ3) is 7.23. The van der Waals surface area contributed by atoms with Gasteiger partial charge in [-0.2, -0.15) is 0 Å². The molecule has 1 saturated carbocycles. The SMILES string of the molecule is COc1ccc(S(=O)(=O)N(CC(=O)N(Cc2ccc(C)cc2)C(C)C(=O)NC2CCCC2)c2ccccc2OC)cc1. The van der Waals surface area contributed by atoms with E-state index in [1.807, 2.05) is 31.2 Å². The summed E-state index contributed by atoms with van der Waals surface area (Å²) in [6.07, 6.45) is 3.93. The lowest BCUT2D eigenvalue weighted by atomic mass is 10.1. The van der Waals surface area contributed by atoms with E-state index < -0.39 is 28.5 Å². The van der Waals surface area contributed by atoms with Crippen LogP contribution < -0.4 is 19.1 Å². The van der Waals surface area contributed by atoms with Crippen LogP contribution in [0.5, 0.6) is 11.5 Å². The number of benzene rings is 3. The molecule has 0 heterocycles. The van der Waals surface area contributed by atoms with E-state index in [9.17, 15) is 18.0 Å². The van der Waals surface area contributed by atoms with Crippen LogP contribution in [0.15, 0.2) is 77.7 Å². The first-order valence-corrected chi connectivity index (χ1v) is 15.5. The number of hydrogen-bond donors (Lipinski definition) is 1. The number of nitrogens with one attached hydrogen (secondary N) is 1. The summed E-state index contributed by atoms with van der Waals surface area (Å²) in [7, 11) is -1.30. The number of hydrogen-bond acceptors (Lipinski definition) is 6. The van der Waals surface area contributed by atoms with Crippen molar-refractivity contribution in [3.05, 3.63) is 83.9 Å². The molecule has 1 fully saturated rings. The maximum Gasteiger partial charge on any atom is 0.264 e. The lowest BCUT2D eigenvalue weighted by Crippen LogP contribution is -2.52. The van der Waals surface area contributed by atoms with Gasteiger partial charge in [0, 0.05) is 12.6 Å². The van der Waals surface area contributed by atoms with Gasteiger partial charge in [0.2, 0.25) is 11.8 Å². The molecule has 0 aromatic heterocycles. The van der Waals surface area contributed by atoms with Crippen LogP contribution in [-0.2, 0) is 26.2 Å². The maximum atomic E-state index is 14.1. The molecule has 3 aromatic rings. The summed E-state index contributed by atoms with van der Waals surface area (Å²) < 4.78 is 39.9. The molecule has 1 unspecified atom stereocenters. The fourth-order valence-corrected chi connectivity index (χ4v) is 6.51. The molecule has 1 N–H and O–H groups in total. The number of methoxy groups -OCH3 is 2. The number of aryl methyl sites for hydroxylation is 1. The van der Waals surface area contributed by atoms with Gasteiger partial charge in [-0.15, -0.1) is 0 Å². The third-order valence-electron chi connectivity index (χ3n) is 7.62. The summed E-state index contributed by atoms with van der Waals surface area (Å²) >= 11 is 0. The summed E-state index contributed by atoms with van der Waals surface area (Å²) in [6.45, 7) is 3.25. The van der Waals surface area contributed by atoms with Crippen LogP contribution in [0.2, 0.25) is 0 Å². The van der Waals surface area contributed by atoms with Crippen LogP contribution in [0.1, 0.15) is 43.7 Å². The van der Waals surface area contributed by atoms with Crippen LogP contribution >= 0.6 is 0 Å². The van der Waals surface area contributed by atoms with Gasteiger partial charge in [-0.05, 0) is 68.7 Å². The van der Waals surface area contributed by atoms with Crippen LogP contribution in [0.3, 0.4) is 0 Å². The Morgan fingerprint density at radius 3 is 2.19 bits per heavy atom. The second-order valence-corrected chi connectivity index (χ2v) is 12.4. The summed E-state index contributed by atoms with van der Waals surface area (Å²) in [5.41, 5.74) is 2.11. The Bertz CT molecular complexity index is 1470. The number of amides is 2. The van der Waals surface area contributed by atoms with E-state index in [0.29, 0.717) is 11.5 Å². The summed E-state index contributed by atoms with van der Waals surface area (Å²) in [5.74, 6) is 0.0107. The molecule has 1 atom stereocenters. The smallest absolute Gasteiger partial charge is 0.264 e. The predicted octanol–water partition coefficient (Wildman–Crippen LogP) is 4.68. The van der Waals surface area contributed by atoms with E-state index in [4.69, 9.17) is 9.47 Å². The Labute approximate surface area is 248 Å². The highest BCUT2D eigenvalue weighted by atomic mass is 32.2. The Balaban J connectivity index is 1.71. The monoisotopic (exact) mass is 593 g/mol. The maximum absolute atomic E-state index is 14.1. The standard InChI is InChI=1S/C32H39N3O6S/c1-23-13-15-25(16-14-23)21-34(24(2)32(37)33-26-9-5-6-10-26)31(36)22-35(29-11-7-8-12-30(29)41-4)42(38,39)28-19-17-27(40-3)18-20-28/h7-8,11-20,24,26H,5-6,9-10,21-22H2,1-4H3,(H,33,37). The van der Waals surface area contributed by atoms with Crippen molar-refractivity contribution < 1.29 is 27.5 Å². The minimum Gasteiger partial charge on any atom is -0.497 e. The number of rotatable bonds is 12. The molecule has 3 aromatic carbocycles. The quantitative estimate of drug-likeness (QED) is 0.327. The van der Waals surface area contributed by atoms with Gasteiger partial charge < -0.3 is 19.7 Å². The van der Waals surface area contributed by atoms with Gasteiger partial charge in [0.15, 0.2) is 0 Å². The largest absolute Gasteiger partial charge is 0.497 e. The first-order valence-electron chi connectivity index (χ1n) is 14.1. The van der Waals surface area contributed by atoms with E-state index >= 15 is 0 Å². The molecule has 0 radical (unpaired) electrons. The number of nitrogens with zero attached hydrogens (tertiary/aromatic N) is 2. The topological polar surface area (TPSA) is 105 Å². The third-order valence-corrected chi connectivity index (χ3v) is 9.40. The Morgan fingerprint density at radius 2 is 1.57 bits per heavy atom. The molecule has 4 rings (SSSR count). The second kappa shape index (κ2) is 13.7. The number of carbonyl (C=O) groups excluding carboxylic acids is 2. The molecule has 42 heavy (non-hydrogen) atoms. The van der Waals surface area contributed by atoms with Gasteiger partial charge in [0.05, 0.1) is 24.8 Å². The second-order valence-electron chi connectivity index (χ2n) is 10.5. The Hall–Kier alpha value is -4.05. The molecule has 0 spiro atoms. The molecule has 1 aliphatic rings.